The van der Waals surface area contributed by atoms with Crippen LogP contribution in [0.1, 0.15) is 33.7 Å². The Morgan fingerprint density at radius 1 is 0.973 bits per heavy atom. The number of amides is 3. The maximum absolute atomic E-state index is 13.6. The molecule has 196 valence electrons. The molecule has 0 saturated heterocycles. The molecular formula is C29H35N3O4S. The van der Waals surface area contributed by atoms with Crippen molar-refractivity contribution in [3.05, 3.63) is 81.5 Å². The Labute approximate surface area is 223 Å². The van der Waals surface area contributed by atoms with E-state index >= 15 is 0 Å². The van der Waals surface area contributed by atoms with Crippen molar-refractivity contribution in [1.29, 1.82) is 0 Å². The number of nitrogens with zero attached hydrogens (tertiary/aromatic N) is 2. The van der Waals surface area contributed by atoms with Crippen LogP contribution in [0.4, 0.5) is 4.79 Å². The smallest absolute Gasteiger partial charge is 0.318 e. The van der Waals surface area contributed by atoms with Gasteiger partial charge in [0, 0.05) is 28.9 Å². The molecule has 3 aromatic rings. The molecule has 8 heteroatoms. The van der Waals surface area contributed by atoms with E-state index in [1.54, 1.807) is 30.5 Å². The highest BCUT2D eigenvalue weighted by Gasteiger charge is 2.34. The van der Waals surface area contributed by atoms with E-state index in [-0.39, 0.29) is 24.5 Å². The van der Waals surface area contributed by atoms with E-state index in [2.05, 4.69) is 24.4 Å². The van der Waals surface area contributed by atoms with Crippen molar-refractivity contribution in [3.63, 3.8) is 0 Å². The first-order chi connectivity index (χ1) is 18.0. The first-order valence-corrected chi connectivity index (χ1v) is 13.4. The maximum Gasteiger partial charge on any atom is 0.318 e. The Morgan fingerprint density at radius 3 is 2.38 bits per heavy atom. The molecule has 7 nitrogen and oxygen atoms in total. The minimum Gasteiger partial charge on any atom is -0.493 e. The third-order valence-electron chi connectivity index (χ3n) is 6.45. The van der Waals surface area contributed by atoms with E-state index in [1.807, 2.05) is 53.4 Å². The molecule has 3 amide bonds. The number of ether oxygens (including phenoxy) is 2. The zero-order valence-electron chi connectivity index (χ0n) is 21.7. The van der Waals surface area contributed by atoms with E-state index in [9.17, 15) is 9.59 Å². The Morgan fingerprint density at radius 2 is 1.73 bits per heavy atom. The topological polar surface area (TPSA) is 71.1 Å². The number of hydrogen-bond donors (Lipinski definition) is 1. The highest BCUT2D eigenvalue weighted by Crippen LogP contribution is 2.29. The highest BCUT2D eigenvalue weighted by molar-refractivity contribution is 7.11. The second kappa shape index (κ2) is 12.6. The van der Waals surface area contributed by atoms with Crippen molar-refractivity contribution in [3.8, 4) is 11.5 Å². The lowest BCUT2D eigenvalue weighted by molar-refractivity contribution is -0.132. The summed E-state index contributed by atoms with van der Waals surface area (Å²) in [5, 5.41) is 2.99. The Hall–Kier alpha value is -3.52. The minimum atomic E-state index is -0.188. The standard InChI is InChI=1S/C29H35N3O4S/c1-21-9-13-25(37-21)19-31(16-15-22-10-14-26(35-2)27(17-22)36-3)28(33)20-32(24-11-12-24)29(34)30-18-23-7-5-4-6-8-23/h4-10,13-14,17,24H,11-12,15-16,18-20H2,1-3H3,(H,30,34). The van der Waals surface area contributed by atoms with Gasteiger partial charge in [-0.1, -0.05) is 36.4 Å². The number of benzene rings is 2. The van der Waals surface area contributed by atoms with Crippen LogP contribution in [0.2, 0.25) is 0 Å². The van der Waals surface area contributed by atoms with Crippen LogP contribution in [0.25, 0.3) is 0 Å². The second-order valence-electron chi connectivity index (χ2n) is 9.27. The summed E-state index contributed by atoms with van der Waals surface area (Å²) in [6.45, 7) is 3.64. The number of thiophene rings is 1. The van der Waals surface area contributed by atoms with Gasteiger partial charge in [-0.3, -0.25) is 4.79 Å². The summed E-state index contributed by atoms with van der Waals surface area (Å²) in [5.74, 6) is 1.30. The quantitative estimate of drug-likeness (QED) is 0.363. The van der Waals surface area contributed by atoms with Crippen LogP contribution in [0.15, 0.2) is 60.7 Å². The van der Waals surface area contributed by atoms with Crippen molar-refractivity contribution in [2.75, 3.05) is 27.3 Å². The minimum absolute atomic E-state index is 0.0479. The molecule has 37 heavy (non-hydrogen) atoms. The summed E-state index contributed by atoms with van der Waals surface area (Å²) in [6.07, 6.45) is 2.53. The van der Waals surface area contributed by atoms with Crippen LogP contribution in [0.3, 0.4) is 0 Å². The van der Waals surface area contributed by atoms with Gasteiger partial charge in [0.2, 0.25) is 5.91 Å². The zero-order valence-corrected chi connectivity index (χ0v) is 22.6. The summed E-state index contributed by atoms with van der Waals surface area (Å²) < 4.78 is 10.8. The number of nitrogens with one attached hydrogen (secondary N) is 1. The van der Waals surface area contributed by atoms with E-state index in [4.69, 9.17) is 9.47 Å². The molecule has 1 N–H and O–H groups in total. The third kappa shape index (κ3) is 7.49. The number of rotatable bonds is 12. The third-order valence-corrected chi connectivity index (χ3v) is 7.44. The monoisotopic (exact) mass is 521 g/mol. The van der Waals surface area contributed by atoms with E-state index < -0.39 is 0 Å². The van der Waals surface area contributed by atoms with Gasteiger partial charge in [0.05, 0.1) is 20.8 Å². The molecule has 1 aromatic heterocycles. The van der Waals surface area contributed by atoms with E-state index in [0.29, 0.717) is 37.6 Å². The zero-order chi connectivity index (χ0) is 26.2. The van der Waals surface area contributed by atoms with Gasteiger partial charge in [-0.05, 0) is 61.6 Å². The molecule has 0 spiro atoms. The second-order valence-corrected chi connectivity index (χ2v) is 10.6. The first-order valence-electron chi connectivity index (χ1n) is 12.6. The fourth-order valence-electron chi connectivity index (χ4n) is 4.22. The molecule has 4 rings (SSSR count). The van der Waals surface area contributed by atoms with Crippen molar-refractivity contribution in [1.82, 2.24) is 15.1 Å². The van der Waals surface area contributed by atoms with Crippen LogP contribution in [0.5, 0.6) is 11.5 Å². The van der Waals surface area contributed by atoms with E-state index in [1.165, 1.54) is 4.88 Å². The van der Waals surface area contributed by atoms with Crippen LogP contribution < -0.4 is 14.8 Å². The van der Waals surface area contributed by atoms with Crippen LogP contribution in [0, 0.1) is 6.92 Å². The molecule has 1 aliphatic carbocycles. The number of carbonyl (C=O) groups excluding carboxylic acids is 2. The molecule has 1 saturated carbocycles. The predicted molar refractivity (Wildman–Crippen MR) is 146 cm³/mol. The van der Waals surface area contributed by atoms with Gasteiger partial charge < -0.3 is 24.6 Å². The molecular weight excluding hydrogens is 486 g/mol. The van der Waals surface area contributed by atoms with Gasteiger partial charge in [-0.2, -0.15) is 0 Å². The van der Waals surface area contributed by atoms with Gasteiger partial charge in [0.1, 0.15) is 6.54 Å². The molecule has 0 atom stereocenters. The van der Waals surface area contributed by atoms with Gasteiger partial charge >= 0.3 is 6.03 Å². The molecule has 2 aromatic carbocycles. The summed E-state index contributed by atoms with van der Waals surface area (Å²) in [7, 11) is 3.23. The van der Waals surface area contributed by atoms with Crippen molar-refractivity contribution < 1.29 is 19.1 Å². The summed E-state index contributed by atoms with van der Waals surface area (Å²) in [6, 6.07) is 19.7. The Bertz CT molecular complexity index is 1190. The molecule has 0 unspecified atom stereocenters. The Balaban J connectivity index is 1.43. The normalized spacial score (nSPS) is 12.6. The first kappa shape index (κ1) is 26.5. The van der Waals surface area contributed by atoms with Gasteiger partial charge in [-0.25, -0.2) is 4.79 Å². The maximum atomic E-state index is 13.6. The lowest BCUT2D eigenvalue weighted by atomic mass is 10.1. The number of methoxy groups -OCH3 is 2. The van der Waals surface area contributed by atoms with Crippen LogP contribution in [-0.2, 0) is 24.3 Å². The summed E-state index contributed by atoms with van der Waals surface area (Å²) in [4.78, 5) is 32.5. The Kier molecular flexibility index (Phi) is 9.06. The number of hydrogen-bond acceptors (Lipinski definition) is 5. The van der Waals surface area contributed by atoms with Crippen LogP contribution in [-0.4, -0.2) is 55.1 Å². The number of carbonyl (C=O) groups is 2. The number of urea groups is 1. The van der Waals surface area contributed by atoms with Crippen molar-refractivity contribution in [2.45, 2.75) is 45.3 Å². The van der Waals surface area contributed by atoms with Crippen molar-refractivity contribution in [2.24, 2.45) is 0 Å². The van der Waals surface area contributed by atoms with Gasteiger partial charge in [0.25, 0.3) is 0 Å². The lowest BCUT2D eigenvalue weighted by Crippen LogP contribution is -2.47. The van der Waals surface area contributed by atoms with E-state index in [0.717, 1.165) is 28.8 Å². The predicted octanol–water partition coefficient (Wildman–Crippen LogP) is 5.02. The fourth-order valence-corrected chi connectivity index (χ4v) is 5.13. The number of aryl methyl sites for hydroxylation is 1. The molecule has 0 aliphatic heterocycles. The molecule has 0 bridgehead atoms. The molecule has 0 radical (unpaired) electrons. The molecule has 1 aliphatic rings. The molecule has 1 heterocycles. The highest BCUT2D eigenvalue weighted by atomic mass is 32.1. The molecule has 1 fully saturated rings. The fraction of sp³-hybridized carbons (Fsp3) is 0.379. The SMILES string of the molecule is COc1ccc(CCN(Cc2ccc(C)s2)C(=O)CN(C(=O)NCc2ccccc2)C2CC2)cc1OC. The van der Waals surface area contributed by atoms with Crippen LogP contribution >= 0.6 is 11.3 Å². The lowest BCUT2D eigenvalue weighted by Gasteiger charge is -2.28. The van der Waals surface area contributed by atoms with Gasteiger partial charge in [-0.15, -0.1) is 11.3 Å². The van der Waals surface area contributed by atoms with Gasteiger partial charge in [0.15, 0.2) is 11.5 Å². The summed E-state index contributed by atoms with van der Waals surface area (Å²) in [5.41, 5.74) is 2.08. The average Bonchev–Trinajstić information content (AvgIpc) is 3.68. The largest absolute Gasteiger partial charge is 0.493 e. The summed E-state index contributed by atoms with van der Waals surface area (Å²) >= 11 is 1.69. The average molecular weight is 522 g/mol. The van der Waals surface area contributed by atoms with Crippen molar-refractivity contribution >= 4 is 23.3 Å².